The number of hydrogen-bond acceptors (Lipinski definition) is 4. The molecule has 0 aliphatic heterocycles. The number of halogens is 1. The molecule has 40 heavy (non-hydrogen) atoms. The molecule has 1 saturated carbocycles. The van der Waals surface area contributed by atoms with Crippen LogP contribution in [0.25, 0.3) is 0 Å². The highest BCUT2D eigenvalue weighted by Gasteiger charge is 2.34. The van der Waals surface area contributed by atoms with Crippen LogP contribution in [-0.4, -0.2) is 43.8 Å². The number of amides is 2. The summed E-state index contributed by atoms with van der Waals surface area (Å²) in [5.41, 5.74) is 1.91. The molecule has 1 aliphatic rings. The highest BCUT2D eigenvalue weighted by atomic mass is 35.5. The van der Waals surface area contributed by atoms with Crippen molar-refractivity contribution in [2.45, 2.75) is 69.5 Å². The van der Waals surface area contributed by atoms with Gasteiger partial charge in [-0.1, -0.05) is 86.0 Å². The van der Waals surface area contributed by atoms with Crippen molar-refractivity contribution < 1.29 is 18.0 Å². The summed E-state index contributed by atoms with van der Waals surface area (Å²) in [7, 11) is -4.13. The van der Waals surface area contributed by atoms with E-state index in [-0.39, 0.29) is 29.1 Å². The minimum atomic E-state index is -4.13. The number of benzene rings is 3. The van der Waals surface area contributed by atoms with E-state index in [0.29, 0.717) is 11.4 Å². The summed E-state index contributed by atoms with van der Waals surface area (Å²) < 4.78 is 28.8. The Morgan fingerprint density at radius 2 is 1.60 bits per heavy atom. The minimum absolute atomic E-state index is 0.0557. The van der Waals surface area contributed by atoms with Gasteiger partial charge < -0.3 is 10.2 Å². The number of carbonyl (C=O) groups excluding carboxylic acids is 2. The van der Waals surface area contributed by atoms with Crippen LogP contribution in [0.5, 0.6) is 0 Å². The molecule has 212 valence electrons. The molecular weight excluding hydrogens is 546 g/mol. The highest BCUT2D eigenvalue weighted by molar-refractivity contribution is 7.92. The Hall–Kier alpha value is -3.36. The molecule has 1 unspecified atom stereocenters. The van der Waals surface area contributed by atoms with Crippen molar-refractivity contribution >= 4 is 39.1 Å². The molecule has 1 fully saturated rings. The topological polar surface area (TPSA) is 86.8 Å². The van der Waals surface area contributed by atoms with Crippen molar-refractivity contribution in [3.63, 3.8) is 0 Å². The van der Waals surface area contributed by atoms with Crippen LogP contribution in [0.1, 0.15) is 50.2 Å². The van der Waals surface area contributed by atoms with Gasteiger partial charge in [-0.3, -0.25) is 13.9 Å². The first-order valence-corrected chi connectivity index (χ1v) is 15.5. The Morgan fingerprint density at radius 3 is 2.20 bits per heavy atom. The highest BCUT2D eigenvalue weighted by Crippen LogP contribution is 2.29. The van der Waals surface area contributed by atoms with Crippen molar-refractivity contribution in [3.8, 4) is 0 Å². The molecule has 3 aromatic carbocycles. The Balaban J connectivity index is 1.71. The van der Waals surface area contributed by atoms with E-state index in [1.54, 1.807) is 36.4 Å². The summed E-state index contributed by atoms with van der Waals surface area (Å²) in [4.78, 5) is 29.1. The lowest BCUT2D eigenvalue weighted by Crippen LogP contribution is -2.53. The standard InChI is InChI=1S/C31H36ClN3O4S/c1-3-29(31(37)33-25-14-10-11-15-25)34(21-24-12-6-4-7-13-24)30(36)22-35(26-19-18-23(2)28(32)20-26)40(38,39)27-16-8-5-9-17-27/h4-9,12-13,16-20,25,29H,3,10-11,14-15,21-22H2,1-2H3,(H,33,37). The van der Waals surface area contributed by atoms with E-state index in [0.717, 1.165) is 41.1 Å². The fourth-order valence-corrected chi connectivity index (χ4v) is 6.65. The van der Waals surface area contributed by atoms with Crippen LogP contribution in [0.15, 0.2) is 83.8 Å². The summed E-state index contributed by atoms with van der Waals surface area (Å²) in [6, 6.07) is 21.7. The second-order valence-electron chi connectivity index (χ2n) is 10.2. The zero-order valence-corrected chi connectivity index (χ0v) is 24.5. The normalized spacial score (nSPS) is 14.5. The van der Waals surface area contributed by atoms with Crippen LogP contribution >= 0.6 is 11.6 Å². The number of nitrogens with one attached hydrogen (secondary N) is 1. The lowest BCUT2D eigenvalue weighted by atomic mass is 10.1. The molecule has 0 radical (unpaired) electrons. The fraction of sp³-hybridized carbons (Fsp3) is 0.355. The summed E-state index contributed by atoms with van der Waals surface area (Å²) in [6.07, 6.45) is 4.37. The molecule has 7 nitrogen and oxygen atoms in total. The van der Waals surface area contributed by atoms with E-state index < -0.39 is 28.5 Å². The summed E-state index contributed by atoms with van der Waals surface area (Å²) in [5, 5.41) is 3.51. The monoisotopic (exact) mass is 581 g/mol. The van der Waals surface area contributed by atoms with Crippen molar-refractivity contribution in [2.75, 3.05) is 10.8 Å². The fourth-order valence-electron chi connectivity index (χ4n) is 5.05. The van der Waals surface area contributed by atoms with Crippen molar-refractivity contribution in [1.29, 1.82) is 0 Å². The Labute approximate surface area is 242 Å². The lowest BCUT2D eigenvalue weighted by Gasteiger charge is -2.34. The molecule has 1 N–H and O–H groups in total. The first-order valence-electron chi connectivity index (χ1n) is 13.7. The van der Waals surface area contributed by atoms with Crippen LogP contribution in [0.4, 0.5) is 5.69 Å². The third-order valence-electron chi connectivity index (χ3n) is 7.34. The molecule has 9 heteroatoms. The van der Waals surface area contributed by atoms with Gasteiger partial charge in [0.25, 0.3) is 10.0 Å². The predicted molar refractivity (Wildman–Crippen MR) is 159 cm³/mol. The van der Waals surface area contributed by atoms with E-state index >= 15 is 0 Å². The van der Waals surface area contributed by atoms with Crippen LogP contribution in [0.2, 0.25) is 5.02 Å². The predicted octanol–water partition coefficient (Wildman–Crippen LogP) is 5.71. The third kappa shape index (κ3) is 7.04. The number of anilines is 1. The molecular formula is C31H36ClN3O4S. The minimum Gasteiger partial charge on any atom is -0.352 e. The number of rotatable bonds is 11. The van der Waals surface area contributed by atoms with Gasteiger partial charge in [0.1, 0.15) is 12.6 Å². The van der Waals surface area contributed by atoms with E-state index in [9.17, 15) is 18.0 Å². The van der Waals surface area contributed by atoms with Gasteiger partial charge in [-0.2, -0.15) is 0 Å². The number of aryl methyl sites for hydroxylation is 1. The lowest BCUT2D eigenvalue weighted by molar-refractivity contribution is -0.140. The first-order chi connectivity index (χ1) is 19.2. The zero-order valence-electron chi connectivity index (χ0n) is 22.9. The largest absolute Gasteiger partial charge is 0.352 e. The van der Waals surface area contributed by atoms with Gasteiger partial charge in [0, 0.05) is 17.6 Å². The molecule has 1 aliphatic carbocycles. The molecule has 3 aromatic rings. The molecule has 0 saturated heterocycles. The average Bonchev–Trinajstić information content (AvgIpc) is 3.47. The van der Waals surface area contributed by atoms with Gasteiger partial charge >= 0.3 is 0 Å². The maximum Gasteiger partial charge on any atom is 0.264 e. The summed E-state index contributed by atoms with van der Waals surface area (Å²) in [5.74, 6) is -0.692. The van der Waals surface area contributed by atoms with Gasteiger partial charge in [-0.15, -0.1) is 0 Å². The molecule has 1 atom stereocenters. The van der Waals surface area contributed by atoms with Gasteiger partial charge in [0.15, 0.2) is 0 Å². The molecule has 2 amide bonds. The Kier molecular flexibility index (Phi) is 9.87. The van der Waals surface area contributed by atoms with Crippen LogP contribution < -0.4 is 9.62 Å². The van der Waals surface area contributed by atoms with Crippen molar-refractivity contribution in [1.82, 2.24) is 10.2 Å². The summed E-state index contributed by atoms with van der Waals surface area (Å²) >= 11 is 6.39. The van der Waals surface area contributed by atoms with Crippen molar-refractivity contribution in [3.05, 3.63) is 95.0 Å². The zero-order chi connectivity index (χ0) is 28.7. The van der Waals surface area contributed by atoms with Gasteiger partial charge in [0.2, 0.25) is 11.8 Å². The molecule has 0 spiro atoms. The van der Waals surface area contributed by atoms with E-state index in [1.165, 1.54) is 17.0 Å². The van der Waals surface area contributed by atoms with Crippen LogP contribution in [-0.2, 0) is 26.2 Å². The van der Waals surface area contributed by atoms with Crippen LogP contribution in [0, 0.1) is 6.92 Å². The van der Waals surface area contributed by atoms with E-state index in [2.05, 4.69) is 5.32 Å². The molecule has 0 aromatic heterocycles. The SMILES string of the molecule is CCC(C(=O)NC1CCCC1)N(Cc1ccccc1)C(=O)CN(c1ccc(C)c(Cl)c1)S(=O)(=O)c1ccccc1. The molecule has 4 rings (SSSR count). The van der Waals surface area contributed by atoms with E-state index in [4.69, 9.17) is 11.6 Å². The maximum atomic E-state index is 14.1. The smallest absolute Gasteiger partial charge is 0.264 e. The number of carbonyl (C=O) groups is 2. The van der Waals surface area contributed by atoms with E-state index in [1.807, 2.05) is 44.2 Å². The summed E-state index contributed by atoms with van der Waals surface area (Å²) in [6.45, 7) is 3.37. The first kappa shape index (κ1) is 29.6. The Bertz CT molecular complexity index is 1410. The van der Waals surface area contributed by atoms with Crippen LogP contribution in [0.3, 0.4) is 0 Å². The third-order valence-corrected chi connectivity index (χ3v) is 9.53. The number of hydrogen-bond donors (Lipinski definition) is 1. The molecule has 0 heterocycles. The quantitative estimate of drug-likeness (QED) is 0.314. The second-order valence-corrected chi connectivity index (χ2v) is 12.4. The second kappa shape index (κ2) is 13.3. The van der Waals surface area contributed by atoms with Gasteiger partial charge in [-0.05, 0) is 61.6 Å². The van der Waals surface area contributed by atoms with Crippen molar-refractivity contribution in [2.24, 2.45) is 0 Å². The maximum absolute atomic E-state index is 14.1. The van der Waals surface area contributed by atoms with Gasteiger partial charge in [-0.25, -0.2) is 8.42 Å². The average molecular weight is 582 g/mol. The Morgan fingerprint density at radius 1 is 0.975 bits per heavy atom. The van der Waals surface area contributed by atoms with Gasteiger partial charge in [0.05, 0.1) is 10.6 Å². The number of sulfonamides is 1. The number of nitrogens with zero attached hydrogens (tertiary/aromatic N) is 2. The molecule has 0 bridgehead atoms.